The van der Waals surface area contributed by atoms with Crippen LogP contribution in [0.1, 0.15) is 0 Å². The van der Waals surface area contributed by atoms with Crippen molar-refractivity contribution in [2.75, 3.05) is 62.3 Å². The molecule has 0 atom stereocenters. The predicted octanol–water partition coefficient (Wildman–Crippen LogP) is 1.48. The maximum Gasteiger partial charge on any atom is 0.244 e. The monoisotopic (exact) mass is 423 g/mol. The van der Waals surface area contributed by atoms with Gasteiger partial charge in [0.2, 0.25) is 10.0 Å². The summed E-state index contributed by atoms with van der Waals surface area (Å²) in [5.74, 6) is 0.826. The lowest BCUT2D eigenvalue weighted by Gasteiger charge is -2.35. The Kier molecular flexibility index (Phi) is 5.68. The highest BCUT2D eigenvalue weighted by Crippen LogP contribution is 2.26. The van der Waals surface area contributed by atoms with E-state index in [1.54, 1.807) is 30.5 Å². The molecule has 0 amide bonds. The Labute approximate surface area is 169 Å². The second-order valence-corrected chi connectivity index (χ2v) is 9.01. The Morgan fingerprint density at radius 3 is 2.39 bits per heavy atom. The summed E-state index contributed by atoms with van der Waals surface area (Å²) >= 11 is 6.10. The van der Waals surface area contributed by atoms with Gasteiger partial charge in [-0.3, -0.25) is 0 Å². The maximum atomic E-state index is 12.9. The summed E-state index contributed by atoms with van der Waals surface area (Å²) in [5.41, 5.74) is 0.950. The van der Waals surface area contributed by atoms with Gasteiger partial charge in [0.25, 0.3) is 0 Å². The van der Waals surface area contributed by atoms with E-state index in [1.807, 2.05) is 6.07 Å². The van der Waals surface area contributed by atoms with Crippen molar-refractivity contribution in [3.63, 3.8) is 0 Å². The molecule has 1 aromatic heterocycles. The van der Waals surface area contributed by atoms with E-state index in [1.165, 1.54) is 4.31 Å². The lowest BCUT2D eigenvalue weighted by atomic mass is 10.3. The fourth-order valence-corrected chi connectivity index (χ4v) is 5.36. The molecule has 3 heterocycles. The van der Waals surface area contributed by atoms with E-state index in [2.05, 4.69) is 20.0 Å². The van der Waals surface area contributed by atoms with Crippen LogP contribution in [0.25, 0.3) is 0 Å². The molecule has 0 spiro atoms. The minimum Gasteiger partial charge on any atom is -0.378 e. The summed E-state index contributed by atoms with van der Waals surface area (Å²) in [6.07, 6.45) is 1.72. The average molecular weight is 424 g/mol. The quantitative estimate of drug-likeness (QED) is 0.736. The van der Waals surface area contributed by atoms with Crippen LogP contribution < -0.4 is 9.80 Å². The zero-order chi connectivity index (χ0) is 19.6. The fraction of sp³-hybridized carbons (Fsp3) is 0.444. The van der Waals surface area contributed by atoms with Gasteiger partial charge < -0.3 is 14.5 Å². The molecule has 0 unspecified atom stereocenters. The van der Waals surface area contributed by atoms with Gasteiger partial charge in [-0.15, -0.1) is 5.10 Å². The van der Waals surface area contributed by atoms with Crippen molar-refractivity contribution < 1.29 is 13.2 Å². The number of hydrogen-bond donors (Lipinski definition) is 0. The first-order chi connectivity index (χ1) is 13.6. The second kappa shape index (κ2) is 8.20. The van der Waals surface area contributed by atoms with Gasteiger partial charge in [0.1, 0.15) is 4.90 Å². The van der Waals surface area contributed by atoms with Gasteiger partial charge in [-0.2, -0.15) is 9.40 Å². The Balaban J connectivity index is 1.45. The summed E-state index contributed by atoms with van der Waals surface area (Å²) in [5, 5.41) is 8.62. The second-order valence-electron chi connectivity index (χ2n) is 6.69. The van der Waals surface area contributed by atoms with Crippen LogP contribution >= 0.6 is 11.6 Å². The number of ether oxygens (including phenoxy) is 1. The predicted molar refractivity (Wildman–Crippen MR) is 107 cm³/mol. The third kappa shape index (κ3) is 3.93. The van der Waals surface area contributed by atoms with Gasteiger partial charge in [0.15, 0.2) is 5.82 Å². The van der Waals surface area contributed by atoms with Crippen LogP contribution in [0, 0.1) is 0 Å². The van der Waals surface area contributed by atoms with E-state index in [-0.39, 0.29) is 9.92 Å². The molecule has 0 N–H and O–H groups in total. The molecule has 2 aliphatic rings. The highest BCUT2D eigenvalue weighted by Gasteiger charge is 2.30. The van der Waals surface area contributed by atoms with Crippen molar-refractivity contribution in [2.24, 2.45) is 0 Å². The number of hydrogen-bond acceptors (Lipinski definition) is 7. The first kappa shape index (κ1) is 19.4. The molecular weight excluding hydrogens is 402 g/mol. The molecule has 2 fully saturated rings. The van der Waals surface area contributed by atoms with Gasteiger partial charge in [-0.25, -0.2) is 8.42 Å². The van der Waals surface area contributed by atoms with E-state index in [4.69, 9.17) is 16.3 Å². The summed E-state index contributed by atoms with van der Waals surface area (Å²) in [4.78, 5) is 4.44. The molecule has 0 aliphatic carbocycles. The largest absolute Gasteiger partial charge is 0.378 e. The van der Waals surface area contributed by atoms with Crippen molar-refractivity contribution in [3.8, 4) is 0 Å². The van der Waals surface area contributed by atoms with Crippen LogP contribution in [-0.2, 0) is 14.8 Å². The van der Waals surface area contributed by atoms with E-state index in [0.29, 0.717) is 39.4 Å². The number of morpholine rings is 1. The topological polar surface area (TPSA) is 78.9 Å². The van der Waals surface area contributed by atoms with Gasteiger partial charge in [0, 0.05) is 45.3 Å². The fourth-order valence-electron chi connectivity index (χ4n) is 3.45. The molecule has 4 rings (SSSR count). The van der Waals surface area contributed by atoms with Crippen LogP contribution in [0.15, 0.2) is 41.4 Å². The van der Waals surface area contributed by atoms with Crippen molar-refractivity contribution in [2.45, 2.75) is 4.90 Å². The van der Waals surface area contributed by atoms with Crippen LogP contribution in [0.4, 0.5) is 11.5 Å². The lowest BCUT2D eigenvalue weighted by Crippen LogP contribution is -2.48. The Morgan fingerprint density at radius 1 is 0.964 bits per heavy atom. The molecule has 0 saturated carbocycles. The molecule has 2 aliphatic heterocycles. The van der Waals surface area contributed by atoms with Crippen LogP contribution in [0.2, 0.25) is 5.02 Å². The third-order valence-electron chi connectivity index (χ3n) is 5.02. The zero-order valence-electron chi connectivity index (χ0n) is 15.4. The minimum absolute atomic E-state index is 0.158. The van der Waals surface area contributed by atoms with Gasteiger partial charge in [-0.05, 0) is 12.1 Å². The molecule has 28 heavy (non-hydrogen) atoms. The molecule has 10 heteroatoms. The molecule has 0 radical (unpaired) electrons. The van der Waals surface area contributed by atoms with E-state index in [0.717, 1.165) is 24.6 Å². The smallest absolute Gasteiger partial charge is 0.244 e. The Bertz CT molecular complexity index is 928. The molecule has 0 bridgehead atoms. The third-order valence-corrected chi connectivity index (χ3v) is 7.42. The summed E-state index contributed by atoms with van der Waals surface area (Å²) in [7, 11) is -3.60. The first-order valence-electron chi connectivity index (χ1n) is 9.21. The van der Waals surface area contributed by atoms with Gasteiger partial charge in [0.05, 0.1) is 30.1 Å². The van der Waals surface area contributed by atoms with Crippen molar-refractivity contribution in [3.05, 3.63) is 41.6 Å². The maximum absolute atomic E-state index is 12.9. The Morgan fingerprint density at radius 2 is 1.68 bits per heavy atom. The zero-order valence-corrected chi connectivity index (χ0v) is 16.9. The summed E-state index contributed by atoms with van der Waals surface area (Å²) in [6.45, 7) is 4.90. The number of sulfonamides is 1. The molecule has 8 nitrogen and oxygen atoms in total. The number of halogens is 1. The normalized spacial score (nSPS) is 19.0. The van der Waals surface area contributed by atoms with Crippen molar-refractivity contribution >= 4 is 33.1 Å². The highest BCUT2D eigenvalue weighted by molar-refractivity contribution is 7.89. The summed E-state index contributed by atoms with van der Waals surface area (Å²) < 4.78 is 32.7. The van der Waals surface area contributed by atoms with Crippen LogP contribution in [-0.4, -0.2) is 75.4 Å². The molecular formula is C18H22ClN5O3S. The van der Waals surface area contributed by atoms with Gasteiger partial charge >= 0.3 is 0 Å². The van der Waals surface area contributed by atoms with Gasteiger partial charge in [-0.1, -0.05) is 23.7 Å². The van der Waals surface area contributed by atoms with E-state index >= 15 is 0 Å². The van der Waals surface area contributed by atoms with E-state index in [9.17, 15) is 8.42 Å². The molecule has 1 aromatic carbocycles. The molecule has 2 saturated heterocycles. The number of piperazine rings is 1. The van der Waals surface area contributed by atoms with Crippen LogP contribution in [0.5, 0.6) is 0 Å². The first-order valence-corrected chi connectivity index (χ1v) is 11.0. The number of benzene rings is 1. The SMILES string of the molecule is O=S(=O)(c1ccccc1Cl)N1CCN(c2cnnc(N3CCOCC3)c2)CC1. The highest BCUT2D eigenvalue weighted by atomic mass is 35.5. The number of nitrogens with zero attached hydrogens (tertiary/aromatic N) is 5. The van der Waals surface area contributed by atoms with E-state index < -0.39 is 10.0 Å². The molecule has 2 aromatic rings. The standard InChI is InChI=1S/C18H22ClN5O3S/c19-16-3-1-2-4-17(16)28(25,26)24-7-5-22(6-8-24)15-13-18(21-20-14-15)23-9-11-27-12-10-23/h1-4,13-14H,5-12H2. The Hall–Kier alpha value is -1.94. The minimum atomic E-state index is -3.60. The lowest BCUT2D eigenvalue weighted by molar-refractivity contribution is 0.122. The van der Waals surface area contributed by atoms with Crippen molar-refractivity contribution in [1.82, 2.24) is 14.5 Å². The molecule has 150 valence electrons. The van der Waals surface area contributed by atoms with Crippen molar-refractivity contribution in [1.29, 1.82) is 0 Å². The van der Waals surface area contributed by atoms with Crippen LogP contribution in [0.3, 0.4) is 0 Å². The number of anilines is 2. The summed E-state index contributed by atoms with van der Waals surface area (Å²) in [6, 6.07) is 8.56. The number of aromatic nitrogens is 2. The average Bonchev–Trinajstić information content (AvgIpc) is 2.75. The number of rotatable bonds is 4.